The molecule has 0 N–H and O–H groups in total. The minimum Gasteiger partial charge on any atom is -0.339 e. The predicted octanol–water partition coefficient (Wildman–Crippen LogP) is 2.93. The average Bonchev–Trinajstić information content (AvgIpc) is 3.08. The summed E-state index contributed by atoms with van der Waals surface area (Å²) in [7, 11) is 0. The van der Waals surface area contributed by atoms with Crippen LogP contribution in [0.15, 0.2) is 0 Å². The van der Waals surface area contributed by atoms with Crippen molar-refractivity contribution in [2.75, 3.05) is 6.54 Å². The van der Waals surface area contributed by atoms with Crippen molar-refractivity contribution in [1.29, 1.82) is 0 Å². The predicted molar refractivity (Wildman–Crippen MR) is 73.7 cm³/mol. The minimum absolute atomic E-state index is 0.135. The molecule has 106 valence electrons. The summed E-state index contributed by atoms with van der Waals surface area (Å²) in [6.45, 7) is 3.01. The number of amides is 1. The molecule has 3 heteroatoms. The van der Waals surface area contributed by atoms with Crippen LogP contribution in [0.4, 0.5) is 0 Å². The Morgan fingerprint density at radius 2 is 1.89 bits per heavy atom. The van der Waals surface area contributed by atoms with Gasteiger partial charge >= 0.3 is 0 Å². The Bertz CT molecular complexity index is 384. The van der Waals surface area contributed by atoms with Crippen LogP contribution in [-0.4, -0.2) is 29.2 Å². The van der Waals surface area contributed by atoms with Crippen LogP contribution < -0.4 is 0 Å². The molecular formula is C16H25NO2. The maximum absolute atomic E-state index is 12.9. The first-order valence-corrected chi connectivity index (χ1v) is 7.96. The van der Waals surface area contributed by atoms with E-state index in [4.69, 9.17) is 0 Å². The zero-order valence-electron chi connectivity index (χ0n) is 12.0. The monoisotopic (exact) mass is 263 g/mol. The van der Waals surface area contributed by atoms with Gasteiger partial charge < -0.3 is 4.90 Å². The Hall–Kier alpha value is -0.860. The summed E-state index contributed by atoms with van der Waals surface area (Å²) < 4.78 is 0. The molecule has 1 saturated heterocycles. The summed E-state index contributed by atoms with van der Waals surface area (Å²) in [5.74, 6) is 0.893. The molecule has 0 bridgehead atoms. The van der Waals surface area contributed by atoms with Gasteiger partial charge in [0.25, 0.3) is 0 Å². The number of nitrogens with zero attached hydrogens (tertiary/aromatic N) is 1. The summed E-state index contributed by atoms with van der Waals surface area (Å²) in [6, 6.07) is 0.222. The zero-order valence-corrected chi connectivity index (χ0v) is 12.0. The first kappa shape index (κ1) is 13.1. The van der Waals surface area contributed by atoms with Gasteiger partial charge in [0, 0.05) is 30.3 Å². The number of likely N-dealkylation sites (tertiary alicyclic amines) is 1. The highest BCUT2D eigenvalue weighted by molar-refractivity contribution is 5.86. The van der Waals surface area contributed by atoms with Crippen molar-refractivity contribution in [2.45, 2.75) is 70.8 Å². The molecule has 3 aliphatic rings. The largest absolute Gasteiger partial charge is 0.339 e. The topological polar surface area (TPSA) is 37.4 Å². The first-order chi connectivity index (χ1) is 9.12. The molecule has 2 saturated carbocycles. The van der Waals surface area contributed by atoms with E-state index < -0.39 is 0 Å². The lowest BCUT2D eigenvalue weighted by Crippen LogP contribution is -2.47. The highest BCUT2D eigenvalue weighted by Crippen LogP contribution is 2.42. The lowest BCUT2D eigenvalue weighted by atomic mass is 9.85. The second kappa shape index (κ2) is 4.92. The molecular weight excluding hydrogens is 238 g/mol. The summed E-state index contributed by atoms with van der Waals surface area (Å²) >= 11 is 0. The lowest BCUT2D eigenvalue weighted by molar-refractivity contribution is -0.143. The number of hydrogen-bond acceptors (Lipinski definition) is 2. The summed E-state index contributed by atoms with van der Waals surface area (Å²) in [5, 5.41) is 0. The maximum atomic E-state index is 12.9. The number of hydrogen-bond donors (Lipinski definition) is 0. The minimum atomic E-state index is -0.135. The molecule has 1 heterocycles. The molecule has 1 amide bonds. The van der Waals surface area contributed by atoms with E-state index in [1.165, 1.54) is 12.8 Å². The maximum Gasteiger partial charge on any atom is 0.228 e. The van der Waals surface area contributed by atoms with Crippen LogP contribution in [0.1, 0.15) is 64.7 Å². The van der Waals surface area contributed by atoms with Crippen molar-refractivity contribution in [1.82, 2.24) is 4.90 Å². The number of carbonyl (C=O) groups excluding carboxylic acids is 2. The fourth-order valence-electron chi connectivity index (χ4n) is 4.43. The van der Waals surface area contributed by atoms with Crippen molar-refractivity contribution in [3.63, 3.8) is 0 Å². The molecule has 1 aliphatic heterocycles. The molecule has 0 spiro atoms. The lowest BCUT2D eigenvalue weighted by Gasteiger charge is -2.35. The third-order valence-electron chi connectivity index (χ3n) is 5.60. The highest BCUT2D eigenvalue weighted by atomic mass is 16.2. The van der Waals surface area contributed by atoms with Crippen LogP contribution >= 0.6 is 0 Å². The van der Waals surface area contributed by atoms with Crippen molar-refractivity contribution in [3.05, 3.63) is 0 Å². The van der Waals surface area contributed by atoms with E-state index in [9.17, 15) is 9.59 Å². The third kappa shape index (κ3) is 2.21. The Balaban J connectivity index is 1.75. The summed E-state index contributed by atoms with van der Waals surface area (Å²) in [5.41, 5.74) is -0.135. The molecule has 0 aromatic rings. The van der Waals surface area contributed by atoms with E-state index in [-0.39, 0.29) is 17.4 Å². The Kier molecular flexibility index (Phi) is 3.40. The van der Waals surface area contributed by atoms with Crippen molar-refractivity contribution in [2.24, 2.45) is 11.3 Å². The van der Waals surface area contributed by atoms with Crippen LogP contribution in [0.5, 0.6) is 0 Å². The van der Waals surface area contributed by atoms with Crippen molar-refractivity contribution in [3.8, 4) is 0 Å². The van der Waals surface area contributed by atoms with Crippen LogP contribution in [0.3, 0.4) is 0 Å². The van der Waals surface area contributed by atoms with Gasteiger partial charge in [0.1, 0.15) is 5.78 Å². The Morgan fingerprint density at radius 3 is 2.53 bits per heavy atom. The fourth-order valence-corrected chi connectivity index (χ4v) is 4.43. The van der Waals surface area contributed by atoms with E-state index in [0.29, 0.717) is 11.7 Å². The molecule has 3 fully saturated rings. The highest BCUT2D eigenvalue weighted by Gasteiger charge is 2.46. The van der Waals surface area contributed by atoms with Crippen LogP contribution in [-0.2, 0) is 9.59 Å². The van der Waals surface area contributed by atoms with Gasteiger partial charge in [-0.05, 0) is 38.5 Å². The van der Waals surface area contributed by atoms with Gasteiger partial charge in [0.15, 0.2) is 0 Å². The van der Waals surface area contributed by atoms with Crippen LogP contribution in [0.2, 0.25) is 0 Å². The number of ketones is 1. The third-order valence-corrected chi connectivity index (χ3v) is 5.60. The van der Waals surface area contributed by atoms with Gasteiger partial charge in [0.05, 0.1) is 0 Å². The SMILES string of the molecule is CC1(C(=O)N2CCCC2C2CCCC2=O)CCCC1. The Labute approximate surface area is 115 Å². The second-order valence-electron chi connectivity index (χ2n) is 6.94. The molecule has 2 aliphatic carbocycles. The number of rotatable bonds is 2. The summed E-state index contributed by atoms with van der Waals surface area (Å²) in [6.07, 6.45) is 9.33. The van der Waals surface area contributed by atoms with Crippen LogP contribution in [0, 0.1) is 11.3 Å². The molecule has 19 heavy (non-hydrogen) atoms. The fraction of sp³-hybridized carbons (Fsp3) is 0.875. The van der Waals surface area contributed by atoms with Gasteiger partial charge in [-0.2, -0.15) is 0 Å². The molecule has 2 atom stereocenters. The van der Waals surface area contributed by atoms with E-state index in [0.717, 1.165) is 51.5 Å². The van der Waals surface area contributed by atoms with Gasteiger partial charge in [-0.15, -0.1) is 0 Å². The van der Waals surface area contributed by atoms with E-state index in [1.54, 1.807) is 0 Å². The van der Waals surface area contributed by atoms with E-state index in [1.807, 2.05) is 0 Å². The number of carbonyl (C=O) groups is 2. The van der Waals surface area contributed by atoms with Gasteiger partial charge in [0.2, 0.25) is 5.91 Å². The molecule has 3 rings (SSSR count). The standard InChI is InChI=1S/C16H25NO2/c1-16(9-2-3-10-16)15(19)17-11-5-7-13(17)12-6-4-8-14(12)18/h12-13H,2-11H2,1H3. The first-order valence-electron chi connectivity index (χ1n) is 7.96. The number of Topliss-reactive ketones (excluding diaryl/α,β-unsaturated/α-hetero) is 1. The average molecular weight is 263 g/mol. The van der Waals surface area contributed by atoms with Gasteiger partial charge in [-0.3, -0.25) is 9.59 Å². The van der Waals surface area contributed by atoms with Crippen LogP contribution in [0.25, 0.3) is 0 Å². The quantitative estimate of drug-likeness (QED) is 0.768. The van der Waals surface area contributed by atoms with Gasteiger partial charge in [-0.1, -0.05) is 19.8 Å². The molecule has 0 radical (unpaired) electrons. The molecule has 3 nitrogen and oxygen atoms in total. The molecule has 0 aromatic heterocycles. The van der Waals surface area contributed by atoms with E-state index in [2.05, 4.69) is 11.8 Å². The Morgan fingerprint density at radius 1 is 1.16 bits per heavy atom. The molecule has 2 unspecified atom stereocenters. The van der Waals surface area contributed by atoms with E-state index >= 15 is 0 Å². The smallest absolute Gasteiger partial charge is 0.228 e. The second-order valence-corrected chi connectivity index (χ2v) is 6.94. The van der Waals surface area contributed by atoms with Gasteiger partial charge in [-0.25, -0.2) is 0 Å². The molecule has 0 aromatic carbocycles. The normalized spacial score (nSPS) is 34.2. The summed E-state index contributed by atoms with van der Waals surface area (Å²) in [4.78, 5) is 26.9. The van der Waals surface area contributed by atoms with Crippen molar-refractivity contribution < 1.29 is 9.59 Å². The zero-order chi connectivity index (χ0) is 13.5. The van der Waals surface area contributed by atoms with Crippen molar-refractivity contribution >= 4 is 11.7 Å².